The molecule has 0 aliphatic rings. The Morgan fingerprint density at radius 2 is 1.61 bits per heavy atom. The van der Waals surface area contributed by atoms with Crippen molar-refractivity contribution in [2.45, 2.75) is 52.9 Å². The number of hydrogen-bond acceptors (Lipinski definition) is 2. The van der Waals surface area contributed by atoms with Gasteiger partial charge in [0.2, 0.25) is 0 Å². The molecule has 0 saturated heterocycles. The van der Waals surface area contributed by atoms with Crippen molar-refractivity contribution in [3.63, 3.8) is 0 Å². The molecule has 100 valence electrons. The Balaban J connectivity index is 2.99. The zero-order valence-corrected chi connectivity index (χ0v) is 12.1. The summed E-state index contributed by atoms with van der Waals surface area (Å²) in [5.74, 6) is 2.00. The van der Waals surface area contributed by atoms with Crippen LogP contribution in [0.25, 0.3) is 0 Å². The number of hydrogen-bond donors (Lipinski definition) is 0. The summed E-state index contributed by atoms with van der Waals surface area (Å²) in [5, 5.41) is 0. The van der Waals surface area contributed by atoms with Gasteiger partial charge in [-0.2, -0.15) is 0 Å². The molecule has 0 radical (unpaired) electrons. The maximum absolute atomic E-state index is 11.0. The molecule has 0 bridgehead atoms. The highest BCUT2D eigenvalue weighted by Gasteiger charge is 2.14. The van der Waals surface area contributed by atoms with Gasteiger partial charge in [-0.25, -0.2) is 0 Å². The minimum absolute atomic E-state index is 0.170. The number of ketones is 1. The van der Waals surface area contributed by atoms with E-state index in [1.165, 1.54) is 11.1 Å². The summed E-state index contributed by atoms with van der Waals surface area (Å²) in [6.45, 7) is 10.7. The van der Waals surface area contributed by atoms with Crippen LogP contribution in [0.2, 0.25) is 0 Å². The van der Waals surface area contributed by atoms with Crippen molar-refractivity contribution in [3.8, 4) is 5.75 Å². The molecule has 0 atom stereocenters. The summed E-state index contributed by atoms with van der Waals surface area (Å²) in [4.78, 5) is 11.0. The van der Waals surface area contributed by atoms with E-state index in [9.17, 15) is 4.79 Å². The highest BCUT2D eigenvalue weighted by Crippen LogP contribution is 2.34. The number of Topliss-reactive ketones (excluding diaryl/α,β-unsaturated/α-hetero) is 1. The molecule has 0 amide bonds. The fourth-order valence-electron chi connectivity index (χ4n) is 1.95. The molecule has 1 aromatic carbocycles. The molecule has 0 aliphatic heterocycles. The van der Waals surface area contributed by atoms with Crippen LogP contribution >= 0.6 is 0 Å². The van der Waals surface area contributed by atoms with E-state index < -0.39 is 0 Å². The van der Waals surface area contributed by atoms with Gasteiger partial charge in [-0.3, -0.25) is 4.79 Å². The van der Waals surface area contributed by atoms with Gasteiger partial charge >= 0.3 is 0 Å². The first kappa shape index (κ1) is 14.7. The van der Waals surface area contributed by atoms with Gasteiger partial charge in [-0.1, -0.05) is 45.9 Å². The van der Waals surface area contributed by atoms with Crippen LogP contribution in [0.1, 0.15) is 64.0 Å². The summed E-state index contributed by atoms with van der Waals surface area (Å²) in [6, 6.07) is 6.31. The van der Waals surface area contributed by atoms with Crippen molar-refractivity contribution < 1.29 is 9.53 Å². The van der Waals surface area contributed by atoms with Crippen molar-refractivity contribution in [2.24, 2.45) is 0 Å². The highest BCUT2D eigenvalue weighted by atomic mass is 16.5. The van der Waals surface area contributed by atoms with E-state index in [-0.39, 0.29) is 5.78 Å². The lowest BCUT2D eigenvalue weighted by Gasteiger charge is -2.19. The van der Waals surface area contributed by atoms with Gasteiger partial charge in [0, 0.05) is 6.42 Å². The third-order valence-electron chi connectivity index (χ3n) is 3.02. The molecule has 1 aromatic rings. The Bertz CT molecular complexity index is 379. The minimum Gasteiger partial charge on any atom is -0.493 e. The van der Waals surface area contributed by atoms with Crippen molar-refractivity contribution in [2.75, 3.05) is 6.61 Å². The Morgan fingerprint density at radius 1 is 1.11 bits per heavy atom. The molecule has 2 nitrogen and oxygen atoms in total. The largest absolute Gasteiger partial charge is 0.493 e. The number of carbonyl (C=O) groups excluding carboxylic acids is 1. The first-order valence-electron chi connectivity index (χ1n) is 6.68. The van der Waals surface area contributed by atoms with Crippen molar-refractivity contribution in [3.05, 3.63) is 29.3 Å². The summed E-state index contributed by atoms with van der Waals surface area (Å²) in [6.07, 6.45) is 0.476. The van der Waals surface area contributed by atoms with Gasteiger partial charge in [-0.05, 0) is 29.9 Å². The van der Waals surface area contributed by atoms with Crippen molar-refractivity contribution in [1.29, 1.82) is 0 Å². The molecule has 0 N–H and O–H groups in total. The lowest BCUT2D eigenvalue weighted by atomic mass is 9.94. The molecule has 0 aromatic heterocycles. The molecule has 1 rings (SSSR count). The second kappa shape index (κ2) is 6.58. The number of benzene rings is 1. The molecule has 0 spiro atoms. The normalized spacial score (nSPS) is 11.1. The quantitative estimate of drug-likeness (QED) is 0.750. The van der Waals surface area contributed by atoms with Gasteiger partial charge < -0.3 is 4.74 Å². The van der Waals surface area contributed by atoms with E-state index in [0.717, 1.165) is 5.75 Å². The number of rotatable bonds is 6. The maximum atomic E-state index is 11.0. The molecule has 0 aliphatic carbocycles. The van der Waals surface area contributed by atoms with Crippen LogP contribution in [0.3, 0.4) is 0 Å². The van der Waals surface area contributed by atoms with Crippen molar-refractivity contribution >= 4 is 5.78 Å². The van der Waals surface area contributed by atoms with E-state index >= 15 is 0 Å². The predicted molar refractivity (Wildman–Crippen MR) is 75.4 cm³/mol. The Labute approximate surface area is 110 Å². The SMILES string of the molecule is CC(=O)CCOc1c(C(C)C)cccc1C(C)C. The molecule has 0 saturated carbocycles. The molecule has 0 fully saturated rings. The van der Waals surface area contributed by atoms with E-state index in [2.05, 4.69) is 45.9 Å². The number of para-hydroxylation sites is 1. The van der Waals surface area contributed by atoms with Gasteiger partial charge in [0.25, 0.3) is 0 Å². The standard InChI is InChI=1S/C16H24O2/c1-11(2)14-7-6-8-15(12(3)4)16(14)18-10-9-13(5)17/h6-8,11-12H,9-10H2,1-5H3. The van der Waals surface area contributed by atoms with Crippen molar-refractivity contribution in [1.82, 2.24) is 0 Å². The zero-order chi connectivity index (χ0) is 13.7. The average molecular weight is 248 g/mol. The Hall–Kier alpha value is -1.31. The van der Waals surface area contributed by atoms with Crippen LogP contribution < -0.4 is 4.74 Å². The molecular weight excluding hydrogens is 224 g/mol. The number of ether oxygens (including phenoxy) is 1. The van der Waals surface area contributed by atoms with Crippen LogP contribution in [-0.4, -0.2) is 12.4 Å². The Morgan fingerprint density at radius 3 is 2.00 bits per heavy atom. The first-order valence-corrected chi connectivity index (χ1v) is 6.68. The van der Waals surface area contributed by atoms with E-state index in [1.54, 1.807) is 6.92 Å². The molecular formula is C16H24O2. The third kappa shape index (κ3) is 3.86. The molecule has 0 heterocycles. The topological polar surface area (TPSA) is 26.3 Å². The second-order valence-corrected chi connectivity index (χ2v) is 5.38. The molecule has 0 unspecified atom stereocenters. The average Bonchev–Trinajstić information content (AvgIpc) is 2.28. The monoisotopic (exact) mass is 248 g/mol. The first-order chi connectivity index (χ1) is 8.43. The Kier molecular flexibility index (Phi) is 5.39. The zero-order valence-electron chi connectivity index (χ0n) is 12.1. The molecule has 2 heteroatoms. The lowest BCUT2D eigenvalue weighted by Crippen LogP contribution is -2.08. The summed E-state index contributed by atoms with van der Waals surface area (Å²) in [7, 11) is 0. The summed E-state index contributed by atoms with van der Waals surface area (Å²) < 4.78 is 5.88. The second-order valence-electron chi connectivity index (χ2n) is 5.38. The van der Waals surface area contributed by atoms with E-state index in [4.69, 9.17) is 4.74 Å². The van der Waals surface area contributed by atoms with Crippen LogP contribution in [0.15, 0.2) is 18.2 Å². The van der Waals surface area contributed by atoms with Crippen LogP contribution in [-0.2, 0) is 4.79 Å². The summed E-state index contributed by atoms with van der Waals surface area (Å²) >= 11 is 0. The maximum Gasteiger partial charge on any atom is 0.133 e. The van der Waals surface area contributed by atoms with E-state index in [1.807, 2.05) is 0 Å². The fourth-order valence-corrected chi connectivity index (χ4v) is 1.95. The number of carbonyl (C=O) groups is 1. The van der Waals surface area contributed by atoms with Gasteiger partial charge in [-0.15, -0.1) is 0 Å². The smallest absolute Gasteiger partial charge is 0.133 e. The lowest BCUT2D eigenvalue weighted by molar-refractivity contribution is -0.117. The van der Waals surface area contributed by atoms with E-state index in [0.29, 0.717) is 24.9 Å². The predicted octanol–water partition coefficient (Wildman–Crippen LogP) is 4.29. The third-order valence-corrected chi connectivity index (χ3v) is 3.02. The highest BCUT2D eigenvalue weighted by molar-refractivity contribution is 5.75. The van der Waals surface area contributed by atoms with Gasteiger partial charge in [0.15, 0.2) is 0 Å². The van der Waals surface area contributed by atoms with Gasteiger partial charge in [0.1, 0.15) is 11.5 Å². The fraction of sp³-hybridized carbons (Fsp3) is 0.562. The van der Waals surface area contributed by atoms with Gasteiger partial charge in [0.05, 0.1) is 6.61 Å². The minimum atomic E-state index is 0.170. The molecule has 18 heavy (non-hydrogen) atoms. The van der Waals surface area contributed by atoms with Crippen LogP contribution in [0, 0.1) is 0 Å². The summed E-state index contributed by atoms with van der Waals surface area (Å²) in [5.41, 5.74) is 2.45. The van der Waals surface area contributed by atoms with Crippen LogP contribution in [0.5, 0.6) is 5.75 Å². The van der Waals surface area contributed by atoms with Crippen LogP contribution in [0.4, 0.5) is 0 Å².